The monoisotopic (exact) mass is 435 g/mol. The van der Waals surface area contributed by atoms with Gasteiger partial charge in [0.25, 0.3) is 0 Å². The van der Waals surface area contributed by atoms with Gasteiger partial charge < -0.3 is 0 Å². The molecule has 3 aliphatic rings. The van der Waals surface area contributed by atoms with E-state index in [9.17, 15) is 0 Å². The van der Waals surface area contributed by atoms with E-state index in [0.29, 0.717) is 0 Å². The summed E-state index contributed by atoms with van der Waals surface area (Å²) in [6.07, 6.45) is 22.5. The SMILES string of the molecule is Cl[CH][PH](C1CCCCC1)(C1CCCCC1)C1CCCCC1.[Pd]. The van der Waals surface area contributed by atoms with Gasteiger partial charge in [-0.25, -0.2) is 0 Å². The molecule has 0 aliphatic heterocycles. The zero-order chi connectivity index (χ0) is 14.5. The molecule has 0 unspecified atom stereocenters. The smallest absolute Gasteiger partial charge is 0 e. The summed E-state index contributed by atoms with van der Waals surface area (Å²) >= 11 is 6.76. The third kappa shape index (κ3) is 4.13. The van der Waals surface area contributed by atoms with Crippen molar-refractivity contribution in [2.45, 2.75) is 113 Å². The standard InChI is InChI=1S/C19H35ClP.Pd/c20-16-21(17-10-4-1-5-11-17,18-12-6-2-7-13-18)19-14-8-3-9-15-19;/h16-19,21H,1-15H2;. The Morgan fingerprint density at radius 1 is 0.545 bits per heavy atom. The topological polar surface area (TPSA) is 0 Å². The van der Waals surface area contributed by atoms with E-state index >= 15 is 0 Å². The zero-order valence-electron chi connectivity index (χ0n) is 14.1. The van der Waals surface area contributed by atoms with Crippen molar-refractivity contribution in [1.29, 1.82) is 0 Å². The van der Waals surface area contributed by atoms with Crippen LogP contribution in [0.25, 0.3) is 0 Å². The molecule has 0 aromatic heterocycles. The minimum absolute atomic E-state index is 0. The molecule has 0 spiro atoms. The first-order valence-electron chi connectivity index (χ1n) is 9.82. The Bertz CT molecular complexity index is 259. The van der Waals surface area contributed by atoms with Crippen LogP contribution in [-0.4, -0.2) is 17.0 Å². The Hall–Kier alpha value is 1.38. The van der Waals surface area contributed by atoms with Crippen LogP contribution in [0.1, 0.15) is 96.3 Å². The molecule has 3 aliphatic carbocycles. The van der Waals surface area contributed by atoms with Crippen LogP contribution < -0.4 is 0 Å². The maximum Gasteiger partial charge on any atom is 0 e. The molecule has 0 saturated heterocycles. The van der Waals surface area contributed by atoms with Crippen LogP contribution in [0.5, 0.6) is 0 Å². The minimum Gasteiger partial charge on any atom is 0 e. The van der Waals surface area contributed by atoms with Crippen LogP contribution >= 0.6 is 18.9 Å². The van der Waals surface area contributed by atoms with Gasteiger partial charge in [-0.15, -0.1) is 0 Å². The van der Waals surface area contributed by atoms with Crippen molar-refractivity contribution in [2.24, 2.45) is 0 Å². The van der Waals surface area contributed by atoms with Gasteiger partial charge in [0, 0.05) is 20.4 Å². The second-order valence-corrected chi connectivity index (χ2v) is 13.4. The molecule has 22 heavy (non-hydrogen) atoms. The van der Waals surface area contributed by atoms with Gasteiger partial charge in [0.1, 0.15) is 0 Å². The van der Waals surface area contributed by atoms with Gasteiger partial charge in [-0.2, -0.15) is 0 Å². The Morgan fingerprint density at radius 3 is 1.05 bits per heavy atom. The predicted octanol–water partition coefficient (Wildman–Crippen LogP) is 7.09. The predicted molar refractivity (Wildman–Crippen MR) is 99.1 cm³/mol. The third-order valence-electron chi connectivity index (χ3n) is 7.13. The van der Waals surface area contributed by atoms with Gasteiger partial charge in [0.15, 0.2) is 0 Å². The zero-order valence-corrected chi connectivity index (χ0v) is 17.4. The van der Waals surface area contributed by atoms with E-state index in [2.05, 4.69) is 5.62 Å². The number of rotatable bonds is 4. The summed E-state index contributed by atoms with van der Waals surface area (Å²) in [5.74, 6) is 0. The molecular formula is C19H35ClPPd. The second kappa shape index (κ2) is 9.76. The molecule has 0 aromatic rings. The van der Waals surface area contributed by atoms with Crippen LogP contribution in [0.4, 0.5) is 0 Å². The molecule has 133 valence electrons. The Kier molecular flexibility index (Phi) is 8.74. The van der Waals surface area contributed by atoms with Crippen LogP contribution in [0.2, 0.25) is 0 Å². The molecule has 3 fully saturated rings. The van der Waals surface area contributed by atoms with Crippen LogP contribution in [0.15, 0.2) is 0 Å². The summed E-state index contributed by atoms with van der Waals surface area (Å²) in [7, 11) is -1.43. The van der Waals surface area contributed by atoms with Crippen LogP contribution in [0.3, 0.4) is 0 Å². The fraction of sp³-hybridized carbons (Fsp3) is 0.947. The number of hydrogen-bond acceptors (Lipinski definition) is 0. The summed E-state index contributed by atoms with van der Waals surface area (Å²) in [4.78, 5) is 0. The first-order chi connectivity index (χ1) is 10.4. The normalized spacial score (nSPS) is 27.3. The molecule has 0 amide bonds. The molecule has 0 nitrogen and oxygen atoms in total. The molecule has 3 heteroatoms. The van der Waals surface area contributed by atoms with Crippen molar-refractivity contribution in [3.63, 3.8) is 0 Å². The van der Waals surface area contributed by atoms with Crippen molar-refractivity contribution in [3.05, 3.63) is 5.62 Å². The maximum atomic E-state index is 6.76. The van der Waals surface area contributed by atoms with E-state index in [0.717, 1.165) is 17.0 Å². The van der Waals surface area contributed by atoms with Crippen molar-refractivity contribution in [3.8, 4) is 0 Å². The van der Waals surface area contributed by atoms with Crippen LogP contribution in [0, 0.1) is 5.62 Å². The summed E-state index contributed by atoms with van der Waals surface area (Å²) in [5.41, 5.74) is 5.48. The van der Waals surface area contributed by atoms with Crippen molar-refractivity contribution >= 4 is 18.9 Å². The van der Waals surface area contributed by atoms with E-state index < -0.39 is 7.26 Å². The average Bonchev–Trinajstić information content (AvgIpc) is 2.59. The molecule has 0 heterocycles. The molecular weight excluding hydrogens is 401 g/mol. The largest absolute Gasteiger partial charge is 0 e. The van der Waals surface area contributed by atoms with Gasteiger partial charge >= 0.3 is 138 Å². The van der Waals surface area contributed by atoms with Gasteiger partial charge in [-0.05, 0) is 0 Å². The molecule has 0 atom stereocenters. The van der Waals surface area contributed by atoms with E-state index in [1.54, 1.807) is 0 Å². The molecule has 3 rings (SSSR count). The first-order valence-corrected chi connectivity index (χ1v) is 12.6. The van der Waals surface area contributed by atoms with Gasteiger partial charge in [-0.3, -0.25) is 0 Å². The average molecular weight is 436 g/mol. The Labute approximate surface area is 157 Å². The van der Waals surface area contributed by atoms with E-state index in [1.165, 1.54) is 96.3 Å². The van der Waals surface area contributed by atoms with Gasteiger partial charge in [0.05, 0.1) is 0 Å². The second-order valence-electron chi connectivity index (χ2n) is 8.11. The number of halogens is 1. The van der Waals surface area contributed by atoms with Crippen molar-refractivity contribution in [2.75, 3.05) is 0 Å². The molecule has 0 bridgehead atoms. The number of hydrogen-bond donors (Lipinski definition) is 0. The first kappa shape index (κ1) is 19.7. The van der Waals surface area contributed by atoms with Crippen LogP contribution in [-0.2, 0) is 20.4 Å². The minimum atomic E-state index is -1.43. The van der Waals surface area contributed by atoms with E-state index in [4.69, 9.17) is 11.6 Å². The summed E-state index contributed by atoms with van der Waals surface area (Å²) in [5, 5.41) is 0. The van der Waals surface area contributed by atoms with E-state index in [1.807, 2.05) is 0 Å². The van der Waals surface area contributed by atoms with Gasteiger partial charge in [0.2, 0.25) is 0 Å². The summed E-state index contributed by atoms with van der Waals surface area (Å²) < 4.78 is 0. The fourth-order valence-electron chi connectivity index (χ4n) is 6.08. The molecule has 0 N–H and O–H groups in total. The third-order valence-corrected chi connectivity index (χ3v) is 14.6. The quantitative estimate of drug-likeness (QED) is 0.326. The molecule has 1 radical (unpaired) electrons. The summed E-state index contributed by atoms with van der Waals surface area (Å²) in [6.45, 7) is 0. The molecule has 3 saturated carbocycles. The van der Waals surface area contributed by atoms with Crippen molar-refractivity contribution in [1.82, 2.24) is 0 Å². The molecule has 0 aromatic carbocycles. The van der Waals surface area contributed by atoms with E-state index in [-0.39, 0.29) is 20.4 Å². The fourth-order valence-corrected chi connectivity index (χ4v) is 14.4. The Balaban J connectivity index is 0.00000176. The Morgan fingerprint density at radius 2 is 0.818 bits per heavy atom. The summed E-state index contributed by atoms with van der Waals surface area (Å²) in [6, 6.07) is 0. The van der Waals surface area contributed by atoms with Gasteiger partial charge in [-0.1, -0.05) is 0 Å². The maximum absolute atomic E-state index is 6.76. The van der Waals surface area contributed by atoms with Crippen molar-refractivity contribution < 1.29 is 20.4 Å².